The first-order chi connectivity index (χ1) is 13.4. The highest BCUT2D eigenvalue weighted by Crippen LogP contribution is 2.37. The molecule has 0 bridgehead atoms. The molecule has 152 valence electrons. The number of rotatable bonds is 7. The zero-order valence-corrected chi connectivity index (χ0v) is 16.9. The Labute approximate surface area is 167 Å². The monoisotopic (exact) mass is 385 g/mol. The second kappa shape index (κ2) is 8.76. The topological polar surface area (TPSA) is 78.5 Å². The maximum Gasteiger partial charge on any atom is 0.325 e. The lowest BCUT2D eigenvalue weighted by Crippen LogP contribution is -2.50. The molecule has 6 heteroatoms. The lowest BCUT2D eigenvalue weighted by molar-refractivity contribution is -0.136. The highest BCUT2D eigenvalue weighted by molar-refractivity contribution is 6.09. The van der Waals surface area contributed by atoms with Crippen molar-refractivity contribution in [2.75, 3.05) is 6.54 Å². The van der Waals surface area contributed by atoms with Crippen LogP contribution in [0.5, 0.6) is 0 Å². The standard InChI is InChI=1S/C22H31N3O3/c1-3-17-11-13-22(14-12-17)20(27)25(21(28)24-22)15-19(26)23-16(2)9-10-18-7-5-4-6-8-18/h4-8,16-17H,3,9-15H2,1-2H3,(H,23,26)(H,24,28)/t16-,17?,22?/m0/s1. The molecule has 0 aromatic heterocycles. The summed E-state index contributed by atoms with van der Waals surface area (Å²) in [6, 6.07) is 9.64. The van der Waals surface area contributed by atoms with Gasteiger partial charge < -0.3 is 10.6 Å². The minimum Gasteiger partial charge on any atom is -0.352 e. The van der Waals surface area contributed by atoms with Gasteiger partial charge in [-0.05, 0) is 56.9 Å². The lowest BCUT2D eigenvalue weighted by Gasteiger charge is -2.34. The summed E-state index contributed by atoms with van der Waals surface area (Å²) in [5.41, 5.74) is 0.435. The van der Waals surface area contributed by atoms with Gasteiger partial charge in [0, 0.05) is 6.04 Å². The lowest BCUT2D eigenvalue weighted by atomic mass is 9.75. The van der Waals surface area contributed by atoms with E-state index < -0.39 is 11.6 Å². The number of imide groups is 1. The van der Waals surface area contributed by atoms with Crippen LogP contribution in [0.15, 0.2) is 30.3 Å². The van der Waals surface area contributed by atoms with Crippen LogP contribution in [0.25, 0.3) is 0 Å². The van der Waals surface area contributed by atoms with Gasteiger partial charge in [-0.15, -0.1) is 0 Å². The van der Waals surface area contributed by atoms with Gasteiger partial charge in [0.15, 0.2) is 0 Å². The first kappa shape index (κ1) is 20.4. The van der Waals surface area contributed by atoms with E-state index in [1.807, 2.05) is 25.1 Å². The van der Waals surface area contributed by atoms with Crippen molar-refractivity contribution in [3.63, 3.8) is 0 Å². The Morgan fingerprint density at radius 3 is 2.57 bits per heavy atom. The van der Waals surface area contributed by atoms with Crippen LogP contribution in [0.4, 0.5) is 4.79 Å². The number of carbonyl (C=O) groups excluding carboxylic acids is 3. The minimum atomic E-state index is -0.790. The fourth-order valence-corrected chi connectivity index (χ4v) is 4.30. The van der Waals surface area contributed by atoms with Crippen LogP contribution in [0.1, 0.15) is 57.9 Å². The van der Waals surface area contributed by atoms with E-state index in [4.69, 9.17) is 0 Å². The summed E-state index contributed by atoms with van der Waals surface area (Å²) in [6.45, 7) is 3.90. The van der Waals surface area contributed by atoms with Gasteiger partial charge in [0.25, 0.3) is 5.91 Å². The van der Waals surface area contributed by atoms with Gasteiger partial charge in [-0.25, -0.2) is 4.79 Å². The number of nitrogens with one attached hydrogen (secondary N) is 2. The average molecular weight is 386 g/mol. The van der Waals surface area contributed by atoms with E-state index in [0.717, 1.165) is 37.0 Å². The van der Waals surface area contributed by atoms with Gasteiger partial charge >= 0.3 is 6.03 Å². The molecule has 3 rings (SSSR count). The Kier molecular flexibility index (Phi) is 6.37. The summed E-state index contributed by atoms with van der Waals surface area (Å²) in [5.74, 6) is 0.0978. The molecule has 1 heterocycles. The van der Waals surface area contributed by atoms with E-state index in [-0.39, 0.29) is 24.4 Å². The number of hydrogen-bond acceptors (Lipinski definition) is 3. The molecule has 28 heavy (non-hydrogen) atoms. The fourth-order valence-electron chi connectivity index (χ4n) is 4.30. The number of nitrogens with zero attached hydrogens (tertiary/aromatic N) is 1. The molecule has 1 saturated carbocycles. The highest BCUT2D eigenvalue weighted by Gasteiger charge is 2.52. The maximum atomic E-state index is 12.9. The van der Waals surface area contributed by atoms with Crippen molar-refractivity contribution in [1.29, 1.82) is 0 Å². The third-order valence-corrected chi connectivity index (χ3v) is 6.20. The summed E-state index contributed by atoms with van der Waals surface area (Å²) >= 11 is 0. The summed E-state index contributed by atoms with van der Waals surface area (Å²) in [6.07, 6.45) is 6.00. The molecule has 1 aliphatic carbocycles. The van der Waals surface area contributed by atoms with Gasteiger partial charge in [-0.1, -0.05) is 43.7 Å². The summed E-state index contributed by atoms with van der Waals surface area (Å²) in [5, 5.41) is 5.79. The van der Waals surface area contributed by atoms with Gasteiger partial charge in [-0.3, -0.25) is 14.5 Å². The van der Waals surface area contributed by atoms with Crippen LogP contribution in [0.2, 0.25) is 0 Å². The molecule has 2 N–H and O–H groups in total. The van der Waals surface area contributed by atoms with E-state index in [0.29, 0.717) is 18.8 Å². The molecule has 2 aliphatic rings. The van der Waals surface area contributed by atoms with E-state index >= 15 is 0 Å². The Bertz CT molecular complexity index is 711. The highest BCUT2D eigenvalue weighted by atomic mass is 16.2. The molecule has 1 aromatic carbocycles. The van der Waals surface area contributed by atoms with Crippen LogP contribution >= 0.6 is 0 Å². The smallest absolute Gasteiger partial charge is 0.325 e. The maximum absolute atomic E-state index is 12.9. The number of amides is 4. The predicted octanol–water partition coefficient (Wildman–Crippen LogP) is 3.01. The Morgan fingerprint density at radius 1 is 1.25 bits per heavy atom. The van der Waals surface area contributed by atoms with Gasteiger partial charge in [0.1, 0.15) is 12.1 Å². The van der Waals surface area contributed by atoms with Crippen molar-refractivity contribution >= 4 is 17.8 Å². The number of carbonyl (C=O) groups is 3. The van der Waals surface area contributed by atoms with Gasteiger partial charge in [-0.2, -0.15) is 0 Å². The Balaban J connectivity index is 1.49. The molecule has 1 atom stereocenters. The average Bonchev–Trinajstić information content (AvgIpc) is 2.92. The van der Waals surface area contributed by atoms with E-state index in [1.54, 1.807) is 0 Å². The second-order valence-electron chi connectivity index (χ2n) is 8.25. The number of benzene rings is 1. The van der Waals surface area contributed by atoms with Crippen molar-refractivity contribution in [2.24, 2.45) is 5.92 Å². The third kappa shape index (κ3) is 4.54. The molecule has 1 aromatic rings. The van der Waals surface area contributed by atoms with E-state index in [2.05, 4.69) is 29.7 Å². The van der Waals surface area contributed by atoms with Crippen LogP contribution < -0.4 is 10.6 Å². The van der Waals surface area contributed by atoms with E-state index in [1.165, 1.54) is 5.56 Å². The van der Waals surface area contributed by atoms with Crippen LogP contribution in [0.3, 0.4) is 0 Å². The van der Waals surface area contributed by atoms with Crippen molar-refractivity contribution in [2.45, 2.75) is 70.4 Å². The summed E-state index contributed by atoms with van der Waals surface area (Å²) in [4.78, 5) is 38.7. The quantitative estimate of drug-likeness (QED) is 0.708. The van der Waals surface area contributed by atoms with Gasteiger partial charge in [0.2, 0.25) is 5.91 Å². The van der Waals surface area contributed by atoms with Crippen LogP contribution in [-0.2, 0) is 16.0 Å². The molecule has 1 spiro atoms. The largest absolute Gasteiger partial charge is 0.352 e. The number of aryl methyl sites for hydroxylation is 1. The summed E-state index contributed by atoms with van der Waals surface area (Å²) < 4.78 is 0. The number of hydrogen-bond donors (Lipinski definition) is 2. The Morgan fingerprint density at radius 2 is 1.93 bits per heavy atom. The molecule has 6 nitrogen and oxygen atoms in total. The molecule has 0 unspecified atom stereocenters. The molecule has 4 amide bonds. The zero-order valence-electron chi connectivity index (χ0n) is 16.9. The molecular weight excluding hydrogens is 354 g/mol. The van der Waals surface area contributed by atoms with Crippen LogP contribution in [-0.4, -0.2) is 40.9 Å². The first-order valence-electron chi connectivity index (χ1n) is 10.4. The van der Waals surface area contributed by atoms with Gasteiger partial charge in [0.05, 0.1) is 0 Å². The van der Waals surface area contributed by atoms with E-state index in [9.17, 15) is 14.4 Å². The van der Waals surface area contributed by atoms with Crippen molar-refractivity contribution in [3.8, 4) is 0 Å². The first-order valence-corrected chi connectivity index (χ1v) is 10.4. The molecule has 0 radical (unpaired) electrons. The molecular formula is C22H31N3O3. The fraction of sp³-hybridized carbons (Fsp3) is 0.591. The van der Waals surface area contributed by atoms with Crippen molar-refractivity contribution in [1.82, 2.24) is 15.5 Å². The second-order valence-corrected chi connectivity index (χ2v) is 8.25. The zero-order chi connectivity index (χ0) is 20.1. The molecule has 1 saturated heterocycles. The minimum absolute atomic E-state index is 0.0255. The number of urea groups is 1. The predicted molar refractivity (Wildman–Crippen MR) is 108 cm³/mol. The normalized spacial score (nSPS) is 25.6. The Hall–Kier alpha value is -2.37. The van der Waals surface area contributed by atoms with Crippen molar-refractivity contribution < 1.29 is 14.4 Å². The molecule has 1 aliphatic heterocycles. The SMILES string of the molecule is CCC1CCC2(CC1)NC(=O)N(CC(=O)N[C@@H](C)CCc1ccccc1)C2=O. The molecule has 2 fully saturated rings. The third-order valence-electron chi connectivity index (χ3n) is 6.20. The van der Waals surface area contributed by atoms with Crippen LogP contribution in [0, 0.1) is 5.92 Å². The van der Waals surface area contributed by atoms with Crippen molar-refractivity contribution in [3.05, 3.63) is 35.9 Å². The summed E-state index contributed by atoms with van der Waals surface area (Å²) in [7, 11) is 0.